The van der Waals surface area contributed by atoms with E-state index in [2.05, 4.69) is 32.0 Å². The van der Waals surface area contributed by atoms with Gasteiger partial charge >= 0.3 is 0 Å². The van der Waals surface area contributed by atoms with Gasteiger partial charge in [-0.05, 0) is 49.8 Å². The van der Waals surface area contributed by atoms with E-state index in [1.807, 2.05) is 6.92 Å². The Hall–Kier alpha value is -1.31. The third-order valence-electron chi connectivity index (χ3n) is 3.04. The number of Topliss-reactive ketones (excluding diaryl/α,β-unsaturated/α-hetero) is 1. The first kappa shape index (κ1) is 14.7. The SMILES string of the molecule is CCOc1ccc(CC)cc1CC(C)CC(C)=O. The molecule has 0 heterocycles. The Morgan fingerprint density at radius 1 is 1.33 bits per heavy atom. The molecule has 0 bridgehead atoms. The van der Waals surface area contributed by atoms with Crippen LogP contribution in [0.1, 0.15) is 45.2 Å². The fourth-order valence-electron chi connectivity index (χ4n) is 2.25. The van der Waals surface area contributed by atoms with Crippen molar-refractivity contribution in [2.45, 2.75) is 47.0 Å². The molecule has 0 saturated heterocycles. The quantitative estimate of drug-likeness (QED) is 0.733. The van der Waals surface area contributed by atoms with Crippen LogP contribution in [0.4, 0.5) is 0 Å². The Labute approximate surface area is 110 Å². The Morgan fingerprint density at radius 3 is 2.61 bits per heavy atom. The summed E-state index contributed by atoms with van der Waals surface area (Å²) in [7, 11) is 0. The number of ether oxygens (including phenoxy) is 1. The Bertz CT molecular complexity index is 396. The summed E-state index contributed by atoms with van der Waals surface area (Å²) in [6.07, 6.45) is 2.57. The summed E-state index contributed by atoms with van der Waals surface area (Å²) in [5, 5.41) is 0. The molecule has 0 spiro atoms. The summed E-state index contributed by atoms with van der Waals surface area (Å²) in [5.74, 6) is 1.59. The number of rotatable bonds is 7. The van der Waals surface area contributed by atoms with Gasteiger partial charge in [-0.1, -0.05) is 26.0 Å². The van der Waals surface area contributed by atoms with Crippen LogP contribution in [-0.2, 0) is 17.6 Å². The predicted octanol–water partition coefficient (Wildman–Crippen LogP) is 3.81. The average Bonchev–Trinajstić information content (AvgIpc) is 2.30. The van der Waals surface area contributed by atoms with Crippen LogP contribution in [0.15, 0.2) is 18.2 Å². The maximum absolute atomic E-state index is 11.1. The normalized spacial score (nSPS) is 12.2. The zero-order valence-corrected chi connectivity index (χ0v) is 12.0. The van der Waals surface area contributed by atoms with Crippen molar-refractivity contribution in [2.24, 2.45) is 5.92 Å². The number of hydrogen-bond acceptors (Lipinski definition) is 2. The molecule has 0 fully saturated rings. The lowest BCUT2D eigenvalue weighted by molar-refractivity contribution is -0.117. The number of carbonyl (C=O) groups is 1. The van der Waals surface area contributed by atoms with Crippen LogP contribution >= 0.6 is 0 Å². The monoisotopic (exact) mass is 248 g/mol. The maximum atomic E-state index is 11.1. The van der Waals surface area contributed by atoms with Gasteiger partial charge in [0, 0.05) is 6.42 Å². The molecule has 1 rings (SSSR count). The lowest BCUT2D eigenvalue weighted by Gasteiger charge is -2.15. The molecule has 1 unspecified atom stereocenters. The Morgan fingerprint density at radius 2 is 2.06 bits per heavy atom. The molecule has 0 aliphatic carbocycles. The molecule has 0 amide bonds. The van der Waals surface area contributed by atoms with Crippen molar-refractivity contribution in [2.75, 3.05) is 6.61 Å². The molecule has 1 aromatic carbocycles. The second-order valence-corrected chi connectivity index (χ2v) is 4.94. The van der Waals surface area contributed by atoms with Crippen LogP contribution < -0.4 is 4.74 Å². The van der Waals surface area contributed by atoms with Crippen molar-refractivity contribution in [1.82, 2.24) is 0 Å². The van der Waals surface area contributed by atoms with E-state index in [-0.39, 0.29) is 5.78 Å². The summed E-state index contributed by atoms with van der Waals surface area (Å²) in [4.78, 5) is 11.1. The van der Waals surface area contributed by atoms with E-state index in [4.69, 9.17) is 4.74 Å². The highest BCUT2D eigenvalue weighted by Gasteiger charge is 2.11. The fourth-order valence-corrected chi connectivity index (χ4v) is 2.25. The molecule has 2 nitrogen and oxygen atoms in total. The zero-order chi connectivity index (χ0) is 13.5. The van der Waals surface area contributed by atoms with Gasteiger partial charge in [-0.15, -0.1) is 0 Å². The summed E-state index contributed by atoms with van der Waals surface area (Å²) >= 11 is 0. The van der Waals surface area contributed by atoms with Crippen LogP contribution in [0.3, 0.4) is 0 Å². The van der Waals surface area contributed by atoms with Gasteiger partial charge in [-0.2, -0.15) is 0 Å². The molecule has 0 aliphatic rings. The number of carbonyl (C=O) groups excluding carboxylic acids is 1. The van der Waals surface area contributed by atoms with E-state index in [9.17, 15) is 4.79 Å². The molecule has 0 saturated carbocycles. The molecule has 0 radical (unpaired) electrons. The minimum atomic E-state index is 0.257. The molecule has 18 heavy (non-hydrogen) atoms. The van der Waals surface area contributed by atoms with E-state index >= 15 is 0 Å². The van der Waals surface area contributed by atoms with Gasteiger partial charge in [0.15, 0.2) is 0 Å². The minimum Gasteiger partial charge on any atom is -0.494 e. The second-order valence-electron chi connectivity index (χ2n) is 4.94. The molecule has 0 aliphatic heterocycles. The average molecular weight is 248 g/mol. The van der Waals surface area contributed by atoms with Gasteiger partial charge in [0.2, 0.25) is 0 Å². The first-order chi connectivity index (χ1) is 8.56. The Kier molecular flexibility index (Phi) is 5.90. The molecule has 1 aromatic rings. The third-order valence-corrected chi connectivity index (χ3v) is 3.04. The number of benzene rings is 1. The fraction of sp³-hybridized carbons (Fsp3) is 0.562. The zero-order valence-electron chi connectivity index (χ0n) is 12.0. The first-order valence-corrected chi connectivity index (χ1v) is 6.80. The van der Waals surface area contributed by atoms with Gasteiger partial charge in [0.25, 0.3) is 0 Å². The van der Waals surface area contributed by atoms with Crippen LogP contribution in [-0.4, -0.2) is 12.4 Å². The predicted molar refractivity (Wildman–Crippen MR) is 75.2 cm³/mol. The van der Waals surface area contributed by atoms with Crippen molar-refractivity contribution in [3.05, 3.63) is 29.3 Å². The van der Waals surface area contributed by atoms with Crippen LogP contribution in [0.5, 0.6) is 5.75 Å². The van der Waals surface area contributed by atoms with Gasteiger partial charge in [0.05, 0.1) is 6.61 Å². The van der Waals surface area contributed by atoms with E-state index < -0.39 is 0 Å². The molecule has 100 valence electrons. The smallest absolute Gasteiger partial charge is 0.130 e. The summed E-state index contributed by atoms with van der Waals surface area (Å²) in [5.41, 5.74) is 2.55. The topological polar surface area (TPSA) is 26.3 Å². The second kappa shape index (κ2) is 7.20. The maximum Gasteiger partial charge on any atom is 0.130 e. The van der Waals surface area contributed by atoms with Crippen molar-refractivity contribution >= 4 is 5.78 Å². The van der Waals surface area contributed by atoms with Crippen molar-refractivity contribution in [1.29, 1.82) is 0 Å². The van der Waals surface area contributed by atoms with Gasteiger partial charge < -0.3 is 9.53 Å². The molecule has 0 aromatic heterocycles. The highest BCUT2D eigenvalue weighted by Crippen LogP contribution is 2.24. The van der Waals surface area contributed by atoms with Crippen LogP contribution in [0.25, 0.3) is 0 Å². The standard InChI is InChI=1S/C16H24O2/c1-5-14-7-8-16(18-6-2)15(11-14)10-12(3)9-13(4)17/h7-8,11-12H,5-6,9-10H2,1-4H3. The number of aryl methyl sites for hydroxylation is 1. The largest absolute Gasteiger partial charge is 0.494 e. The van der Waals surface area contributed by atoms with Gasteiger partial charge in [0.1, 0.15) is 11.5 Å². The van der Waals surface area contributed by atoms with Crippen molar-refractivity contribution in [3.8, 4) is 5.75 Å². The molecule has 2 heteroatoms. The molecule has 0 N–H and O–H groups in total. The summed E-state index contributed by atoms with van der Waals surface area (Å²) in [6, 6.07) is 6.38. The third kappa shape index (κ3) is 4.52. The van der Waals surface area contributed by atoms with Crippen molar-refractivity contribution < 1.29 is 9.53 Å². The lowest BCUT2D eigenvalue weighted by Crippen LogP contribution is -2.07. The molecule has 1 atom stereocenters. The van der Waals surface area contributed by atoms with Crippen LogP contribution in [0, 0.1) is 5.92 Å². The van der Waals surface area contributed by atoms with Gasteiger partial charge in [-0.25, -0.2) is 0 Å². The van der Waals surface area contributed by atoms with E-state index in [0.717, 1.165) is 18.6 Å². The highest BCUT2D eigenvalue weighted by molar-refractivity contribution is 5.75. The minimum absolute atomic E-state index is 0.257. The number of ketones is 1. The summed E-state index contributed by atoms with van der Waals surface area (Å²) < 4.78 is 5.66. The lowest BCUT2D eigenvalue weighted by atomic mass is 9.94. The van der Waals surface area contributed by atoms with Crippen LogP contribution in [0.2, 0.25) is 0 Å². The van der Waals surface area contributed by atoms with E-state index in [1.54, 1.807) is 6.92 Å². The summed E-state index contributed by atoms with van der Waals surface area (Å²) in [6.45, 7) is 8.60. The highest BCUT2D eigenvalue weighted by atomic mass is 16.5. The van der Waals surface area contributed by atoms with Gasteiger partial charge in [-0.3, -0.25) is 0 Å². The number of hydrogen-bond donors (Lipinski definition) is 0. The molecular formula is C16H24O2. The van der Waals surface area contributed by atoms with E-state index in [0.29, 0.717) is 18.9 Å². The Balaban J connectivity index is 2.85. The molecular weight excluding hydrogens is 224 g/mol. The van der Waals surface area contributed by atoms with E-state index in [1.165, 1.54) is 11.1 Å². The first-order valence-electron chi connectivity index (χ1n) is 6.80. The van der Waals surface area contributed by atoms with Crippen molar-refractivity contribution in [3.63, 3.8) is 0 Å².